The highest BCUT2D eigenvalue weighted by atomic mass is 32.2. The van der Waals surface area contributed by atoms with Crippen LogP contribution in [0.2, 0.25) is 0 Å². The number of hydrogen-bond donors (Lipinski definition) is 1. The van der Waals surface area contributed by atoms with Gasteiger partial charge >= 0.3 is 0 Å². The number of aromatic nitrogens is 1. The van der Waals surface area contributed by atoms with Crippen LogP contribution in [0.4, 0.5) is 10.1 Å². The van der Waals surface area contributed by atoms with E-state index in [2.05, 4.69) is 22.2 Å². The Morgan fingerprint density at radius 3 is 2.60 bits per heavy atom. The Morgan fingerprint density at radius 1 is 1.13 bits per heavy atom. The summed E-state index contributed by atoms with van der Waals surface area (Å²) in [6.45, 7) is 3.35. The maximum absolute atomic E-state index is 13.0. The first-order valence-electron chi connectivity index (χ1n) is 9.54. The second-order valence-electron chi connectivity index (χ2n) is 7.10. The lowest BCUT2D eigenvalue weighted by Gasteiger charge is -2.32. The molecule has 6 nitrogen and oxygen atoms in total. The molecule has 2 aromatic carbocycles. The van der Waals surface area contributed by atoms with Gasteiger partial charge < -0.3 is 15.1 Å². The van der Waals surface area contributed by atoms with E-state index >= 15 is 0 Å². The zero-order valence-electron chi connectivity index (χ0n) is 16.4. The number of amides is 2. The van der Waals surface area contributed by atoms with Crippen LogP contribution in [0, 0.1) is 5.82 Å². The molecular weight excluding hydrogens is 423 g/mol. The number of nitrogens with one attached hydrogen (secondary N) is 1. The normalized spacial score (nSPS) is 14.8. The number of carbonyl (C=O) groups excluding carboxylic acids is 2. The molecule has 4 rings (SSSR count). The van der Waals surface area contributed by atoms with Crippen molar-refractivity contribution < 1.29 is 14.0 Å². The molecule has 1 fully saturated rings. The Labute approximate surface area is 182 Å². The number of hydrogen-bond acceptors (Lipinski definition) is 6. The molecule has 3 aromatic rings. The maximum atomic E-state index is 13.0. The van der Waals surface area contributed by atoms with Crippen LogP contribution in [0.3, 0.4) is 0 Å². The van der Waals surface area contributed by atoms with E-state index in [1.807, 2.05) is 17.0 Å². The van der Waals surface area contributed by atoms with Gasteiger partial charge in [0.15, 0.2) is 4.34 Å². The summed E-state index contributed by atoms with van der Waals surface area (Å²) in [6.07, 6.45) is 0. The molecule has 0 bridgehead atoms. The van der Waals surface area contributed by atoms with Gasteiger partial charge in [0.2, 0.25) is 5.91 Å². The van der Waals surface area contributed by atoms with E-state index in [1.165, 1.54) is 47.4 Å². The van der Waals surface area contributed by atoms with Gasteiger partial charge in [0, 0.05) is 37.4 Å². The summed E-state index contributed by atoms with van der Waals surface area (Å²) < 4.78 is 14.8. The fourth-order valence-corrected chi connectivity index (χ4v) is 5.13. The number of thioether (sulfide) groups is 1. The number of rotatable bonds is 5. The van der Waals surface area contributed by atoms with Crippen LogP contribution in [0.1, 0.15) is 10.4 Å². The van der Waals surface area contributed by atoms with Gasteiger partial charge in [-0.15, -0.1) is 11.3 Å². The summed E-state index contributed by atoms with van der Waals surface area (Å²) in [4.78, 5) is 33.4. The number of likely N-dealkylation sites (N-methyl/N-ethyl adjacent to an activating group) is 1. The number of thiazole rings is 1. The van der Waals surface area contributed by atoms with Crippen molar-refractivity contribution in [3.63, 3.8) is 0 Å². The smallest absolute Gasteiger partial charge is 0.255 e. The standard InChI is InChI=1S/C21H21FN4O2S2/c1-25-8-10-26(11-9-25)19(27)13-29-21-24-17-7-6-16(12-18(17)30-21)23-20(28)14-2-4-15(22)5-3-14/h2-7,12H,8-11,13H2,1H3,(H,23,28). The highest BCUT2D eigenvalue weighted by Gasteiger charge is 2.19. The Balaban J connectivity index is 1.38. The largest absolute Gasteiger partial charge is 0.339 e. The minimum absolute atomic E-state index is 0.139. The predicted octanol–water partition coefficient (Wildman–Crippen LogP) is 3.55. The van der Waals surface area contributed by atoms with Crippen LogP contribution in [0.15, 0.2) is 46.8 Å². The second-order valence-corrected chi connectivity index (χ2v) is 9.35. The highest BCUT2D eigenvalue weighted by molar-refractivity contribution is 8.01. The molecule has 0 unspecified atom stereocenters. The van der Waals surface area contributed by atoms with E-state index in [-0.39, 0.29) is 17.6 Å². The van der Waals surface area contributed by atoms with E-state index < -0.39 is 0 Å². The molecule has 0 saturated carbocycles. The second kappa shape index (κ2) is 9.11. The van der Waals surface area contributed by atoms with Crippen molar-refractivity contribution in [2.24, 2.45) is 0 Å². The number of nitrogens with zero attached hydrogens (tertiary/aromatic N) is 3. The minimum Gasteiger partial charge on any atom is -0.339 e. The molecule has 0 aliphatic carbocycles. The van der Waals surface area contributed by atoms with Crippen molar-refractivity contribution in [3.8, 4) is 0 Å². The van der Waals surface area contributed by atoms with Gasteiger partial charge in [0.05, 0.1) is 16.0 Å². The van der Waals surface area contributed by atoms with Gasteiger partial charge in [0.25, 0.3) is 5.91 Å². The molecule has 156 valence electrons. The van der Waals surface area contributed by atoms with Gasteiger partial charge in [-0.05, 0) is 49.5 Å². The van der Waals surface area contributed by atoms with Crippen LogP contribution >= 0.6 is 23.1 Å². The van der Waals surface area contributed by atoms with Crippen molar-refractivity contribution in [3.05, 3.63) is 53.8 Å². The van der Waals surface area contributed by atoms with Crippen LogP contribution in [0.25, 0.3) is 10.2 Å². The first kappa shape index (κ1) is 20.8. The minimum atomic E-state index is -0.381. The molecule has 0 atom stereocenters. The first-order valence-corrected chi connectivity index (χ1v) is 11.3. The lowest BCUT2D eigenvalue weighted by molar-refractivity contribution is -0.129. The summed E-state index contributed by atoms with van der Waals surface area (Å²) in [7, 11) is 2.06. The summed E-state index contributed by atoms with van der Waals surface area (Å²) >= 11 is 2.94. The lowest BCUT2D eigenvalue weighted by Crippen LogP contribution is -2.47. The SMILES string of the molecule is CN1CCN(C(=O)CSc2nc3ccc(NC(=O)c4ccc(F)cc4)cc3s2)CC1. The molecular formula is C21H21FN4O2S2. The van der Waals surface area contributed by atoms with Crippen LogP contribution < -0.4 is 5.32 Å². The van der Waals surface area contributed by atoms with Gasteiger partial charge in [-0.1, -0.05) is 11.8 Å². The van der Waals surface area contributed by atoms with Crippen LogP contribution in [0.5, 0.6) is 0 Å². The van der Waals surface area contributed by atoms with Crippen LogP contribution in [-0.4, -0.2) is 65.6 Å². The van der Waals surface area contributed by atoms with Crippen molar-refractivity contribution in [2.45, 2.75) is 4.34 Å². The summed E-state index contributed by atoms with van der Waals surface area (Å²) in [5, 5.41) is 2.82. The Kier molecular flexibility index (Phi) is 6.31. The Hall–Kier alpha value is -2.49. The first-order chi connectivity index (χ1) is 14.5. The fourth-order valence-electron chi connectivity index (χ4n) is 3.12. The van der Waals surface area contributed by atoms with Gasteiger partial charge in [-0.25, -0.2) is 9.37 Å². The van der Waals surface area contributed by atoms with E-state index in [0.29, 0.717) is 17.0 Å². The molecule has 9 heteroatoms. The molecule has 30 heavy (non-hydrogen) atoms. The maximum Gasteiger partial charge on any atom is 0.255 e. The Morgan fingerprint density at radius 2 is 1.87 bits per heavy atom. The van der Waals surface area contributed by atoms with Crippen molar-refractivity contribution >= 4 is 50.8 Å². The molecule has 1 aromatic heterocycles. The van der Waals surface area contributed by atoms with Crippen molar-refractivity contribution in [2.75, 3.05) is 44.3 Å². The number of piperazine rings is 1. The molecule has 2 amide bonds. The summed E-state index contributed by atoms with van der Waals surface area (Å²) in [6, 6.07) is 10.9. The topological polar surface area (TPSA) is 65.5 Å². The molecule has 1 saturated heterocycles. The molecule has 0 radical (unpaired) electrons. The number of fused-ring (bicyclic) bond motifs is 1. The lowest BCUT2D eigenvalue weighted by atomic mass is 10.2. The van der Waals surface area contributed by atoms with Gasteiger partial charge in [-0.3, -0.25) is 9.59 Å². The van der Waals surface area contributed by atoms with Crippen LogP contribution in [-0.2, 0) is 4.79 Å². The number of anilines is 1. The number of benzene rings is 2. The predicted molar refractivity (Wildman–Crippen MR) is 119 cm³/mol. The molecule has 1 aliphatic rings. The Bertz CT molecular complexity index is 1060. The molecule has 1 N–H and O–H groups in total. The van der Waals surface area contributed by atoms with E-state index in [4.69, 9.17) is 0 Å². The quantitative estimate of drug-likeness (QED) is 0.610. The number of halogens is 1. The molecule has 1 aliphatic heterocycles. The fraction of sp³-hybridized carbons (Fsp3) is 0.286. The summed E-state index contributed by atoms with van der Waals surface area (Å²) in [5.74, 6) is -0.169. The molecule has 2 heterocycles. The van der Waals surface area contributed by atoms with E-state index in [9.17, 15) is 14.0 Å². The van der Waals surface area contributed by atoms with Crippen molar-refractivity contribution in [1.29, 1.82) is 0 Å². The highest BCUT2D eigenvalue weighted by Crippen LogP contribution is 2.31. The van der Waals surface area contributed by atoms with Gasteiger partial charge in [-0.2, -0.15) is 0 Å². The third kappa shape index (κ3) is 4.97. The monoisotopic (exact) mass is 444 g/mol. The van der Waals surface area contributed by atoms with E-state index in [0.717, 1.165) is 40.7 Å². The average molecular weight is 445 g/mol. The third-order valence-corrected chi connectivity index (χ3v) is 7.05. The molecule has 0 spiro atoms. The third-order valence-electron chi connectivity index (χ3n) is 4.91. The zero-order valence-corrected chi connectivity index (χ0v) is 18.1. The average Bonchev–Trinajstić information content (AvgIpc) is 3.15. The summed E-state index contributed by atoms with van der Waals surface area (Å²) in [5.41, 5.74) is 1.86. The van der Waals surface area contributed by atoms with Crippen molar-refractivity contribution in [1.82, 2.24) is 14.8 Å². The van der Waals surface area contributed by atoms with Gasteiger partial charge in [0.1, 0.15) is 5.82 Å². The number of carbonyl (C=O) groups is 2. The zero-order chi connectivity index (χ0) is 21.1. The van der Waals surface area contributed by atoms with E-state index in [1.54, 1.807) is 6.07 Å².